The quantitative estimate of drug-likeness (QED) is 0.447. The molecule has 2 aromatic carbocycles. The second-order valence-corrected chi connectivity index (χ2v) is 8.76. The molecule has 2 aromatic rings. The number of nitrogens with one attached hydrogen (secondary N) is 3. The summed E-state index contributed by atoms with van der Waals surface area (Å²) in [6.45, 7) is 0. The molecule has 4 nitrogen and oxygen atoms in total. The van der Waals surface area contributed by atoms with E-state index in [1.807, 2.05) is 0 Å². The molecule has 1 aliphatic carbocycles. The van der Waals surface area contributed by atoms with Gasteiger partial charge in [-0.15, -0.1) is 0 Å². The predicted octanol–water partition coefficient (Wildman–Crippen LogP) is 6.39. The fourth-order valence-electron chi connectivity index (χ4n) is 3.20. The zero-order valence-corrected chi connectivity index (χ0v) is 18.4. The summed E-state index contributed by atoms with van der Waals surface area (Å²) < 4.78 is 0. The van der Waals surface area contributed by atoms with Crippen molar-refractivity contribution in [3.63, 3.8) is 0 Å². The molecule has 0 unspecified atom stereocenters. The highest BCUT2D eigenvalue weighted by Crippen LogP contribution is 2.29. The second kappa shape index (κ2) is 9.51. The van der Waals surface area contributed by atoms with Gasteiger partial charge in [-0.1, -0.05) is 46.4 Å². The number of amides is 1. The number of carbonyl (C=O) groups is 1. The topological polar surface area (TPSA) is 53.2 Å². The van der Waals surface area contributed by atoms with Crippen LogP contribution in [0.2, 0.25) is 20.1 Å². The molecular formula is C19H17Cl4N3OS. The molecule has 0 aliphatic heterocycles. The molecule has 0 bridgehead atoms. The van der Waals surface area contributed by atoms with Crippen LogP contribution in [0.5, 0.6) is 0 Å². The van der Waals surface area contributed by atoms with Gasteiger partial charge in [-0.05, 0) is 67.9 Å². The average Bonchev–Trinajstić information content (AvgIpc) is 3.01. The van der Waals surface area contributed by atoms with Crippen LogP contribution in [0.4, 0.5) is 11.4 Å². The van der Waals surface area contributed by atoms with Gasteiger partial charge in [-0.25, -0.2) is 0 Å². The van der Waals surface area contributed by atoms with Crippen molar-refractivity contribution in [2.45, 2.75) is 25.3 Å². The number of carbonyl (C=O) groups excluding carboxylic acids is 1. The molecule has 0 aromatic heterocycles. The van der Waals surface area contributed by atoms with Gasteiger partial charge in [-0.3, -0.25) is 4.79 Å². The molecule has 0 radical (unpaired) electrons. The Hall–Kier alpha value is -1.24. The van der Waals surface area contributed by atoms with Crippen molar-refractivity contribution in [3.05, 3.63) is 56.5 Å². The molecule has 1 aliphatic rings. The summed E-state index contributed by atoms with van der Waals surface area (Å²) in [4.78, 5) is 12.5. The normalized spacial score (nSPS) is 18.6. The maximum atomic E-state index is 12.5. The first-order valence-corrected chi connectivity index (χ1v) is 10.5. The molecule has 9 heteroatoms. The lowest BCUT2D eigenvalue weighted by molar-refractivity contribution is -0.119. The van der Waals surface area contributed by atoms with E-state index in [-0.39, 0.29) is 17.9 Å². The minimum absolute atomic E-state index is 0.0527. The van der Waals surface area contributed by atoms with Crippen molar-refractivity contribution in [3.8, 4) is 0 Å². The summed E-state index contributed by atoms with van der Waals surface area (Å²) in [7, 11) is 0. The maximum absolute atomic E-state index is 12.5. The van der Waals surface area contributed by atoms with Crippen LogP contribution in [0.3, 0.4) is 0 Å². The number of hydrogen-bond donors (Lipinski definition) is 3. The molecule has 1 fully saturated rings. The van der Waals surface area contributed by atoms with Gasteiger partial charge >= 0.3 is 0 Å². The van der Waals surface area contributed by atoms with E-state index in [0.29, 0.717) is 43.0 Å². The Morgan fingerprint density at radius 3 is 1.86 bits per heavy atom. The van der Waals surface area contributed by atoms with Crippen molar-refractivity contribution in [1.82, 2.24) is 5.32 Å². The van der Waals surface area contributed by atoms with Crippen molar-refractivity contribution in [1.29, 1.82) is 0 Å². The van der Waals surface area contributed by atoms with Crippen molar-refractivity contribution >= 4 is 81.0 Å². The fourth-order valence-corrected chi connectivity index (χ4v) is 4.54. The van der Waals surface area contributed by atoms with Crippen LogP contribution in [0.25, 0.3) is 0 Å². The summed E-state index contributed by atoms with van der Waals surface area (Å²) in [5.74, 6) is -0.165. The lowest BCUT2D eigenvalue weighted by Crippen LogP contribution is -2.36. The van der Waals surface area contributed by atoms with E-state index in [4.69, 9.17) is 58.6 Å². The Morgan fingerprint density at radius 1 is 0.821 bits per heavy atom. The van der Waals surface area contributed by atoms with E-state index in [1.165, 1.54) is 0 Å². The Morgan fingerprint density at radius 2 is 1.32 bits per heavy atom. The van der Waals surface area contributed by atoms with E-state index < -0.39 is 0 Å². The standard InChI is InChI=1S/C19H17Cl4N3OS/c20-11-4-12(21)7-16(6-11)24-18(27)10-1-2-15(3-10)25-19(28)26-17-8-13(22)5-14(23)9-17/h4-10,15H,1-3H2,(H,24,27)(H2,25,26,28)/t10-,15+/m0/s1. The smallest absolute Gasteiger partial charge is 0.227 e. The molecule has 28 heavy (non-hydrogen) atoms. The lowest BCUT2D eigenvalue weighted by atomic mass is 10.1. The first-order valence-electron chi connectivity index (χ1n) is 8.59. The number of benzene rings is 2. The zero-order chi connectivity index (χ0) is 20.3. The van der Waals surface area contributed by atoms with Gasteiger partial charge in [0, 0.05) is 43.4 Å². The van der Waals surface area contributed by atoms with Crippen molar-refractivity contribution in [2.75, 3.05) is 10.6 Å². The lowest BCUT2D eigenvalue weighted by Gasteiger charge is -2.17. The molecule has 3 rings (SSSR count). The van der Waals surface area contributed by atoms with E-state index >= 15 is 0 Å². The Kier molecular flexibility index (Phi) is 7.29. The summed E-state index contributed by atoms with van der Waals surface area (Å²) in [6, 6.07) is 10.2. The summed E-state index contributed by atoms with van der Waals surface area (Å²) in [5, 5.41) is 11.7. The van der Waals surface area contributed by atoms with Gasteiger partial charge in [0.1, 0.15) is 0 Å². The molecule has 2 atom stereocenters. The summed E-state index contributed by atoms with van der Waals surface area (Å²) in [5.41, 5.74) is 1.30. The molecule has 1 saturated carbocycles. The Bertz CT molecular complexity index is 868. The molecular weight excluding hydrogens is 460 g/mol. The summed E-state index contributed by atoms with van der Waals surface area (Å²) in [6.07, 6.45) is 2.29. The molecule has 148 valence electrons. The van der Waals surface area contributed by atoms with Crippen molar-refractivity contribution < 1.29 is 4.79 Å². The zero-order valence-electron chi connectivity index (χ0n) is 14.6. The first kappa shape index (κ1) is 21.5. The molecule has 0 saturated heterocycles. The number of hydrogen-bond acceptors (Lipinski definition) is 2. The molecule has 0 spiro atoms. The van der Waals surface area contributed by atoms with E-state index in [9.17, 15) is 4.79 Å². The maximum Gasteiger partial charge on any atom is 0.227 e. The number of anilines is 2. The molecule has 1 amide bonds. The largest absolute Gasteiger partial charge is 0.360 e. The fraction of sp³-hybridized carbons (Fsp3) is 0.263. The molecule has 0 heterocycles. The van der Waals surface area contributed by atoms with E-state index in [1.54, 1.807) is 36.4 Å². The highest BCUT2D eigenvalue weighted by Gasteiger charge is 2.30. The van der Waals surface area contributed by atoms with Crippen molar-refractivity contribution in [2.24, 2.45) is 5.92 Å². The third kappa shape index (κ3) is 6.13. The molecule has 3 N–H and O–H groups in total. The van der Waals surface area contributed by atoms with Gasteiger partial charge in [0.05, 0.1) is 0 Å². The van der Waals surface area contributed by atoms with E-state index in [0.717, 1.165) is 12.8 Å². The van der Waals surface area contributed by atoms with Crippen LogP contribution in [-0.4, -0.2) is 17.1 Å². The SMILES string of the molecule is O=C(Nc1cc(Cl)cc(Cl)c1)[C@H]1CC[C@@H](NC(=S)Nc2cc(Cl)cc(Cl)c2)C1. The van der Waals surface area contributed by atoms with Gasteiger partial charge < -0.3 is 16.0 Å². The van der Waals surface area contributed by atoms with Crippen LogP contribution < -0.4 is 16.0 Å². The minimum Gasteiger partial charge on any atom is -0.360 e. The monoisotopic (exact) mass is 475 g/mol. The van der Waals surface area contributed by atoms with Gasteiger partial charge in [0.25, 0.3) is 0 Å². The Balaban J connectivity index is 1.51. The number of thiocarbonyl (C=S) groups is 1. The van der Waals surface area contributed by atoms with Crippen LogP contribution in [-0.2, 0) is 4.79 Å². The minimum atomic E-state index is -0.112. The highest BCUT2D eigenvalue weighted by atomic mass is 35.5. The van der Waals surface area contributed by atoms with Crippen LogP contribution in [0.15, 0.2) is 36.4 Å². The Labute approximate surface area is 188 Å². The predicted molar refractivity (Wildman–Crippen MR) is 122 cm³/mol. The summed E-state index contributed by atoms with van der Waals surface area (Å²) >= 11 is 29.3. The average molecular weight is 477 g/mol. The van der Waals surface area contributed by atoms with Crippen LogP contribution in [0.1, 0.15) is 19.3 Å². The number of halogens is 4. The first-order chi connectivity index (χ1) is 13.3. The highest BCUT2D eigenvalue weighted by molar-refractivity contribution is 7.80. The van der Waals surface area contributed by atoms with Gasteiger partial charge in [0.2, 0.25) is 5.91 Å². The van der Waals surface area contributed by atoms with Crippen LogP contribution >= 0.6 is 58.6 Å². The van der Waals surface area contributed by atoms with Crippen LogP contribution in [0, 0.1) is 5.92 Å². The van der Waals surface area contributed by atoms with E-state index in [2.05, 4.69) is 16.0 Å². The number of rotatable bonds is 4. The van der Waals surface area contributed by atoms with Gasteiger partial charge in [-0.2, -0.15) is 0 Å². The third-order valence-electron chi connectivity index (χ3n) is 4.39. The second-order valence-electron chi connectivity index (χ2n) is 6.61. The van der Waals surface area contributed by atoms with Gasteiger partial charge in [0.15, 0.2) is 5.11 Å². The third-order valence-corrected chi connectivity index (χ3v) is 5.48.